The Balaban J connectivity index is 1.68. The molecule has 3 rings (SSSR count). The van der Waals surface area contributed by atoms with E-state index in [2.05, 4.69) is 0 Å². The number of halogens is 10. The number of benzene rings is 3. The lowest BCUT2D eigenvalue weighted by atomic mass is 10.1. The largest absolute Gasteiger partial charge is 0.203 e. The summed E-state index contributed by atoms with van der Waals surface area (Å²) in [6, 6.07) is 6.37. The van der Waals surface area contributed by atoms with Crippen LogP contribution in [0.5, 0.6) is 0 Å². The molecule has 0 aromatic heterocycles. The SMILES string of the molecule is Fc1c(F)c(F)c(/C=C/C=C/c2ccc(/C=C/C=C/c3c(F)c(F)c(F)c(F)c3F)cc2)c(F)c1F. The molecule has 0 heterocycles. The van der Waals surface area contributed by atoms with Crippen LogP contribution in [0.1, 0.15) is 22.3 Å². The van der Waals surface area contributed by atoms with Crippen LogP contribution in [-0.4, -0.2) is 0 Å². The molecule has 0 fully saturated rings. The Kier molecular flexibility index (Phi) is 8.18. The van der Waals surface area contributed by atoms with Crippen molar-refractivity contribution in [3.63, 3.8) is 0 Å². The molecule has 0 N–H and O–H groups in total. The summed E-state index contributed by atoms with van der Waals surface area (Å²) >= 11 is 0. The highest BCUT2D eigenvalue weighted by Crippen LogP contribution is 2.25. The van der Waals surface area contributed by atoms with Gasteiger partial charge in [-0.2, -0.15) is 0 Å². The second kappa shape index (κ2) is 11.1. The standard InChI is InChI=1S/C26H12F10/c27-17-15(18(28)22(32)25(35)21(17)31)7-3-1-5-13-9-11-14(12-10-13)6-2-4-8-16-19(29)23(33)26(36)24(34)20(16)30/h1-12H/b5-1+,6-2+,7-3+,8-4+. The van der Waals surface area contributed by atoms with E-state index in [4.69, 9.17) is 0 Å². The van der Waals surface area contributed by atoms with Crippen molar-refractivity contribution in [2.24, 2.45) is 0 Å². The molecule has 10 heteroatoms. The molecule has 0 aliphatic rings. The van der Waals surface area contributed by atoms with Crippen molar-refractivity contribution in [2.75, 3.05) is 0 Å². The van der Waals surface area contributed by atoms with E-state index >= 15 is 0 Å². The minimum atomic E-state index is -2.25. The molecular formula is C26H12F10. The highest BCUT2D eigenvalue weighted by molar-refractivity contribution is 5.61. The smallest absolute Gasteiger partial charge is 0.200 e. The quantitative estimate of drug-likeness (QED) is 0.134. The van der Waals surface area contributed by atoms with Gasteiger partial charge in [0, 0.05) is 0 Å². The van der Waals surface area contributed by atoms with Crippen LogP contribution in [0.4, 0.5) is 43.9 Å². The van der Waals surface area contributed by atoms with Gasteiger partial charge < -0.3 is 0 Å². The van der Waals surface area contributed by atoms with Gasteiger partial charge in [0.05, 0.1) is 11.1 Å². The molecule has 3 aromatic rings. The average molecular weight is 514 g/mol. The van der Waals surface area contributed by atoms with Gasteiger partial charge in [0.2, 0.25) is 11.6 Å². The topological polar surface area (TPSA) is 0 Å². The van der Waals surface area contributed by atoms with Crippen LogP contribution in [0.15, 0.2) is 48.6 Å². The molecule has 0 aliphatic heterocycles. The maximum atomic E-state index is 13.6. The molecule has 0 spiro atoms. The van der Waals surface area contributed by atoms with E-state index in [0.717, 1.165) is 24.3 Å². The predicted octanol–water partition coefficient (Wildman–Crippen LogP) is 8.53. The monoisotopic (exact) mass is 514 g/mol. The first kappa shape index (κ1) is 26.5. The second-order valence-corrected chi connectivity index (χ2v) is 7.07. The van der Waals surface area contributed by atoms with Crippen molar-refractivity contribution >= 4 is 24.3 Å². The maximum absolute atomic E-state index is 13.6. The summed E-state index contributed by atoms with van der Waals surface area (Å²) in [6.07, 6.45) is 9.15. The summed E-state index contributed by atoms with van der Waals surface area (Å²) in [6.45, 7) is 0. The van der Waals surface area contributed by atoms with Crippen LogP contribution in [0.3, 0.4) is 0 Å². The highest BCUT2D eigenvalue weighted by atomic mass is 19.2. The number of rotatable bonds is 6. The van der Waals surface area contributed by atoms with Crippen molar-refractivity contribution in [3.05, 3.63) is 129 Å². The lowest BCUT2D eigenvalue weighted by Gasteiger charge is -2.03. The molecule has 0 radical (unpaired) electrons. The van der Waals surface area contributed by atoms with Gasteiger partial charge in [0.25, 0.3) is 0 Å². The number of allylic oxidation sites excluding steroid dienone is 4. The van der Waals surface area contributed by atoms with Gasteiger partial charge in [-0.05, 0) is 23.3 Å². The maximum Gasteiger partial charge on any atom is 0.200 e. The van der Waals surface area contributed by atoms with Gasteiger partial charge in [-0.3, -0.25) is 0 Å². The van der Waals surface area contributed by atoms with Crippen LogP contribution in [0, 0.1) is 58.2 Å². The zero-order valence-corrected chi connectivity index (χ0v) is 17.7. The fourth-order valence-electron chi connectivity index (χ4n) is 2.89. The van der Waals surface area contributed by atoms with E-state index in [-0.39, 0.29) is 0 Å². The lowest BCUT2D eigenvalue weighted by molar-refractivity contribution is 0.377. The number of hydrogen-bond acceptors (Lipinski definition) is 0. The van der Waals surface area contributed by atoms with E-state index in [1.54, 1.807) is 24.3 Å². The Hall–Kier alpha value is -4.08. The van der Waals surface area contributed by atoms with E-state index in [1.165, 1.54) is 24.3 Å². The van der Waals surface area contributed by atoms with Crippen LogP contribution < -0.4 is 0 Å². The average Bonchev–Trinajstić information content (AvgIpc) is 2.88. The zero-order chi connectivity index (χ0) is 26.6. The highest BCUT2D eigenvalue weighted by Gasteiger charge is 2.25. The molecule has 0 atom stereocenters. The van der Waals surface area contributed by atoms with Gasteiger partial charge in [-0.1, -0.05) is 60.7 Å². The molecule has 0 bridgehead atoms. The lowest BCUT2D eigenvalue weighted by Crippen LogP contribution is -2.03. The van der Waals surface area contributed by atoms with Crippen molar-refractivity contribution < 1.29 is 43.9 Å². The molecule has 0 aliphatic carbocycles. The first-order valence-corrected chi connectivity index (χ1v) is 9.87. The first-order chi connectivity index (χ1) is 17.0. The van der Waals surface area contributed by atoms with Gasteiger partial charge in [0.15, 0.2) is 46.5 Å². The third-order valence-corrected chi connectivity index (χ3v) is 4.75. The molecule has 3 aromatic carbocycles. The molecule has 0 saturated heterocycles. The van der Waals surface area contributed by atoms with E-state index in [0.29, 0.717) is 11.1 Å². The van der Waals surface area contributed by atoms with Gasteiger partial charge in [-0.25, -0.2) is 43.9 Å². The Morgan fingerprint density at radius 2 is 0.528 bits per heavy atom. The summed E-state index contributed by atoms with van der Waals surface area (Å²) in [7, 11) is 0. The van der Waals surface area contributed by atoms with Crippen molar-refractivity contribution in [2.45, 2.75) is 0 Å². The third kappa shape index (κ3) is 5.42. The van der Waals surface area contributed by atoms with Crippen LogP contribution >= 0.6 is 0 Å². The van der Waals surface area contributed by atoms with Crippen molar-refractivity contribution in [1.29, 1.82) is 0 Å². The fourth-order valence-corrected chi connectivity index (χ4v) is 2.89. The molecule has 36 heavy (non-hydrogen) atoms. The molecular weight excluding hydrogens is 502 g/mol. The minimum absolute atomic E-state index is 0.589. The predicted molar refractivity (Wildman–Crippen MR) is 115 cm³/mol. The summed E-state index contributed by atoms with van der Waals surface area (Å²) in [5.74, 6) is -20.5. The molecule has 0 unspecified atom stereocenters. The normalized spacial score (nSPS) is 12.3. The van der Waals surface area contributed by atoms with Crippen LogP contribution in [0.25, 0.3) is 24.3 Å². The summed E-state index contributed by atoms with van der Waals surface area (Å²) in [5.41, 5.74) is -0.997. The number of hydrogen-bond donors (Lipinski definition) is 0. The second-order valence-electron chi connectivity index (χ2n) is 7.07. The van der Waals surface area contributed by atoms with Gasteiger partial charge >= 0.3 is 0 Å². The zero-order valence-electron chi connectivity index (χ0n) is 17.7. The fraction of sp³-hybridized carbons (Fsp3) is 0. The van der Waals surface area contributed by atoms with E-state index in [1.807, 2.05) is 0 Å². The molecule has 0 saturated carbocycles. The van der Waals surface area contributed by atoms with Gasteiger partial charge in [-0.15, -0.1) is 0 Å². The Morgan fingerprint density at radius 3 is 0.806 bits per heavy atom. The van der Waals surface area contributed by atoms with Crippen molar-refractivity contribution in [3.8, 4) is 0 Å². The molecule has 0 nitrogen and oxygen atoms in total. The summed E-state index contributed by atoms with van der Waals surface area (Å²) in [5, 5.41) is 0. The van der Waals surface area contributed by atoms with Crippen LogP contribution in [0.2, 0.25) is 0 Å². The van der Waals surface area contributed by atoms with Gasteiger partial charge in [0.1, 0.15) is 0 Å². The minimum Gasteiger partial charge on any atom is -0.203 e. The molecule has 0 amide bonds. The third-order valence-electron chi connectivity index (χ3n) is 4.75. The summed E-state index contributed by atoms with van der Waals surface area (Å²) in [4.78, 5) is 0. The van der Waals surface area contributed by atoms with E-state index < -0.39 is 69.3 Å². The van der Waals surface area contributed by atoms with E-state index in [9.17, 15) is 43.9 Å². The Bertz CT molecular complexity index is 1250. The Labute approximate surface area is 197 Å². The Morgan fingerprint density at radius 1 is 0.306 bits per heavy atom. The molecule has 186 valence electrons. The van der Waals surface area contributed by atoms with Crippen LogP contribution in [-0.2, 0) is 0 Å². The summed E-state index contributed by atoms with van der Waals surface area (Å²) < 4.78 is 133. The first-order valence-electron chi connectivity index (χ1n) is 9.87. The van der Waals surface area contributed by atoms with Crippen molar-refractivity contribution in [1.82, 2.24) is 0 Å².